The minimum atomic E-state index is 0.0493. The Labute approximate surface area is 121 Å². The molecule has 0 aliphatic rings. The van der Waals surface area contributed by atoms with Gasteiger partial charge in [0.2, 0.25) is 0 Å². The Hall–Kier alpha value is -2.20. The molecule has 3 aromatic rings. The Bertz CT molecular complexity index is 730. The fraction of sp³-hybridized carbons (Fsp3) is 0.133. The smallest absolute Gasteiger partial charge is 0.0908 e. The first-order valence-corrected chi connectivity index (χ1v) is 6.69. The molecule has 2 heterocycles. The van der Waals surface area contributed by atoms with Gasteiger partial charge in [0.1, 0.15) is 0 Å². The second kappa shape index (κ2) is 5.43. The van der Waals surface area contributed by atoms with Crippen LogP contribution in [0.25, 0.3) is 10.9 Å². The van der Waals surface area contributed by atoms with Gasteiger partial charge in [0, 0.05) is 29.7 Å². The van der Waals surface area contributed by atoms with Crippen LogP contribution in [0.1, 0.15) is 18.7 Å². The first-order valence-electron chi connectivity index (χ1n) is 6.31. The predicted molar refractivity (Wildman–Crippen MR) is 80.8 cm³/mol. The van der Waals surface area contributed by atoms with Crippen LogP contribution >= 0.6 is 11.6 Å². The highest BCUT2D eigenvalue weighted by atomic mass is 35.5. The zero-order chi connectivity index (χ0) is 13.9. The fourth-order valence-electron chi connectivity index (χ4n) is 2.11. The number of fused-ring (bicyclic) bond motifs is 1. The molecular formula is C15H13ClN4. The Morgan fingerprint density at radius 2 is 2.00 bits per heavy atom. The molecule has 2 aromatic heterocycles. The largest absolute Gasteiger partial charge is 0.376 e. The van der Waals surface area contributed by atoms with E-state index in [0.29, 0.717) is 5.02 Å². The quantitative estimate of drug-likeness (QED) is 0.794. The molecule has 0 aliphatic heterocycles. The number of pyridine rings is 1. The van der Waals surface area contributed by atoms with E-state index in [-0.39, 0.29) is 6.04 Å². The van der Waals surface area contributed by atoms with Crippen molar-refractivity contribution < 1.29 is 0 Å². The van der Waals surface area contributed by atoms with Crippen LogP contribution in [0, 0.1) is 0 Å². The average molecular weight is 285 g/mol. The maximum atomic E-state index is 6.17. The van der Waals surface area contributed by atoms with Gasteiger partial charge in [-0.3, -0.25) is 15.0 Å². The summed E-state index contributed by atoms with van der Waals surface area (Å²) in [4.78, 5) is 12.7. The third-order valence-corrected chi connectivity index (χ3v) is 3.42. The molecule has 20 heavy (non-hydrogen) atoms. The van der Waals surface area contributed by atoms with Gasteiger partial charge < -0.3 is 5.32 Å². The molecule has 1 aromatic carbocycles. The summed E-state index contributed by atoms with van der Waals surface area (Å²) in [6.45, 7) is 2.04. The Morgan fingerprint density at radius 1 is 1.10 bits per heavy atom. The molecule has 0 fully saturated rings. The van der Waals surface area contributed by atoms with E-state index in [1.165, 1.54) is 0 Å². The summed E-state index contributed by atoms with van der Waals surface area (Å²) in [6, 6.07) is 7.76. The van der Waals surface area contributed by atoms with Crippen LogP contribution in [-0.2, 0) is 0 Å². The number of benzene rings is 1. The van der Waals surface area contributed by atoms with Crippen molar-refractivity contribution in [2.75, 3.05) is 5.32 Å². The molecular weight excluding hydrogens is 272 g/mol. The van der Waals surface area contributed by atoms with Crippen LogP contribution in [0.15, 0.2) is 49.1 Å². The first-order chi connectivity index (χ1) is 9.75. The molecule has 0 amide bonds. The topological polar surface area (TPSA) is 50.7 Å². The monoisotopic (exact) mass is 284 g/mol. The summed E-state index contributed by atoms with van der Waals surface area (Å²) in [5.74, 6) is 0. The second-order valence-electron chi connectivity index (χ2n) is 4.49. The molecule has 0 saturated carbocycles. The lowest BCUT2D eigenvalue weighted by Crippen LogP contribution is -2.09. The third-order valence-electron chi connectivity index (χ3n) is 3.12. The van der Waals surface area contributed by atoms with Crippen molar-refractivity contribution in [2.24, 2.45) is 0 Å². The van der Waals surface area contributed by atoms with Gasteiger partial charge in [0.05, 0.1) is 28.5 Å². The van der Waals surface area contributed by atoms with Crippen molar-refractivity contribution >= 4 is 28.2 Å². The molecule has 1 unspecified atom stereocenters. The molecule has 0 saturated heterocycles. The van der Waals surface area contributed by atoms with Crippen molar-refractivity contribution in [1.29, 1.82) is 0 Å². The van der Waals surface area contributed by atoms with Crippen LogP contribution in [0.3, 0.4) is 0 Å². The van der Waals surface area contributed by atoms with Crippen LogP contribution in [-0.4, -0.2) is 15.0 Å². The molecule has 0 bridgehead atoms. The number of halogens is 1. The zero-order valence-corrected chi connectivity index (χ0v) is 11.7. The van der Waals surface area contributed by atoms with Gasteiger partial charge in [0.25, 0.3) is 0 Å². The van der Waals surface area contributed by atoms with Crippen LogP contribution in [0.2, 0.25) is 5.02 Å². The van der Waals surface area contributed by atoms with Crippen LogP contribution in [0.5, 0.6) is 0 Å². The lowest BCUT2D eigenvalue weighted by molar-refractivity contribution is 0.829. The standard InChI is InChI=1S/C15H13ClN4/c1-10(14-9-17-7-8-18-14)20-13-5-4-12(16)15-11(13)3-2-6-19-15/h2-10,20H,1H3. The Balaban J connectivity index is 1.97. The number of hydrogen-bond donors (Lipinski definition) is 1. The minimum absolute atomic E-state index is 0.0493. The zero-order valence-electron chi connectivity index (χ0n) is 10.9. The molecule has 1 atom stereocenters. The maximum absolute atomic E-state index is 6.17. The molecule has 3 rings (SSSR count). The number of rotatable bonds is 3. The van der Waals surface area contributed by atoms with E-state index in [1.54, 1.807) is 24.8 Å². The van der Waals surface area contributed by atoms with Gasteiger partial charge in [0.15, 0.2) is 0 Å². The summed E-state index contributed by atoms with van der Waals surface area (Å²) in [5, 5.41) is 5.07. The summed E-state index contributed by atoms with van der Waals surface area (Å²) in [7, 11) is 0. The van der Waals surface area contributed by atoms with Gasteiger partial charge in [-0.1, -0.05) is 11.6 Å². The molecule has 4 nitrogen and oxygen atoms in total. The first kappa shape index (κ1) is 12.8. The molecule has 0 spiro atoms. The molecule has 0 radical (unpaired) electrons. The predicted octanol–water partition coefficient (Wildman–Crippen LogP) is 3.85. The van der Waals surface area contributed by atoms with Gasteiger partial charge in [-0.2, -0.15) is 0 Å². The highest BCUT2D eigenvalue weighted by Crippen LogP contribution is 2.30. The molecule has 0 aliphatic carbocycles. The van der Waals surface area contributed by atoms with E-state index in [2.05, 4.69) is 20.3 Å². The van der Waals surface area contributed by atoms with Gasteiger partial charge in [-0.15, -0.1) is 0 Å². The minimum Gasteiger partial charge on any atom is -0.376 e. The lowest BCUT2D eigenvalue weighted by Gasteiger charge is -2.16. The van der Waals surface area contributed by atoms with E-state index in [0.717, 1.165) is 22.3 Å². The molecule has 1 N–H and O–H groups in total. The number of aromatic nitrogens is 3. The summed E-state index contributed by atoms with van der Waals surface area (Å²) < 4.78 is 0. The number of hydrogen-bond acceptors (Lipinski definition) is 4. The lowest BCUT2D eigenvalue weighted by atomic mass is 10.1. The number of nitrogens with one attached hydrogen (secondary N) is 1. The highest BCUT2D eigenvalue weighted by Gasteiger charge is 2.10. The fourth-order valence-corrected chi connectivity index (χ4v) is 2.32. The molecule has 5 heteroatoms. The summed E-state index contributed by atoms with van der Waals surface area (Å²) >= 11 is 6.17. The van der Waals surface area contributed by atoms with E-state index >= 15 is 0 Å². The summed E-state index contributed by atoms with van der Waals surface area (Å²) in [5.41, 5.74) is 2.67. The highest BCUT2D eigenvalue weighted by molar-refractivity contribution is 6.35. The van der Waals surface area contributed by atoms with E-state index in [4.69, 9.17) is 11.6 Å². The van der Waals surface area contributed by atoms with Crippen molar-refractivity contribution in [2.45, 2.75) is 13.0 Å². The summed E-state index contributed by atoms with van der Waals surface area (Å²) in [6.07, 6.45) is 6.85. The van der Waals surface area contributed by atoms with Crippen molar-refractivity contribution in [1.82, 2.24) is 15.0 Å². The van der Waals surface area contributed by atoms with Crippen molar-refractivity contribution in [3.8, 4) is 0 Å². The van der Waals surface area contributed by atoms with E-state index < -0.39 is 0 Å². The normalized spacial score (nSPS) is 12.3. The Kier molecular flexibility index (Phi) is 3.48. The van der Waals surface area contributed by atoms with Gasteiger partial charge >= 0.3 is 0 Å². The van der Waals surface area contributed by atoms with Gasteiger partial charge in [-0.25, -0.2) is 0 Å². The van der Waals surface area contributed by atoms with Crippen molar-refractivity contribution in [3.63, 3.8) is 0 Å². The van der Waals surface area contributed by atoms with Gasteiger partial charge in [-0.05, 0) is 31.2 Å². The number of anilines is 1. The number of nitrogens with zero attached hydrogens (tertiary/aromatic N) is 3. The van der Waals surface area contributed by atoms with Crippen LogP contribution < -0.4 is 5.32 Å². The van der Waals surface area contributed by atoms with E-state index in [1.807, 2.05) is 31.2 Å². The van der Waals surface area contributed by atoms with E-state index in [9.17, 15) is 0 Å². The molecule has 100 valence electrons. The van der Waals surface area contributed by atoms with Crippen LogP contribution in [0.4, 0.5) is 5.69 Å². The second-order valence-corrected chi connectivity index (χ2v) is 4.90. The Morgan fingerprint density at radius 3 is 2.80 bits per heavy atom. The SMILES string of the molecule is CC(Nc1ccc(Cl)c2ncccc12)c1cnccn1. The average Bonchev–Trinajstić information content (AvgIpc) is 2.51. The van der Waals surface area contributed by atoms with Crippen molar-refractivity contribution in [3.05, 3.63) is 59.8 Å². The maximum Gasteiger partial charge on any atom is 0.0908 e. The third kappa shape index (κ3) is 2.42.